The van der Waals surface area contributed by atoms with Gasteiger partial charge in [-0.2, -0.15) is 0 Å². The average molecular weight is 288 g/mol. The summed E-state index contributed by atoms with van der Waals surface area (Å²) in [5.74, 6) is -1.73. The van der Waals surface area contributed by atoms with E-state index < -0.39 is 24.4 Å². The fourth-order valence-electron chi connectivity index (χ4n) is 1.25. The molecule has 0 aromatic heterocycles. The number of amides is 2. The molecule has 0 aliphatic rings. The van der Waals surface area contributed by atoms with E-state index in [0.29, 0.717) is 5.56 Å². The maximum Gasteiger partial charge on any atom is 0.331 e. The van der Waals surface area contributed by atoms with Crippen LogP contribution in [0.3, 0.4) is 0 Å². The number of carbonyl (C=O) groups excluding carboxylic acids is 3. The molecule has 2 amide bonds. The lowest BCUT2D eigenvalue weighted by atomic mass is 10.2. The maximum absolute atomic E-state index is 11.6. The van der Waals surface area contributed by atoms with Crippen LogP contribution in [0, 0.1) is 0 Å². The van der Waals surface area contributed by atoms with Gasteiger partial charge in [-0.1, -0.05) is 36.4 Å². The first-order valence-electron chi connectivity index (χ1n) is 6.24. The smallest absolute Gasteiger partial charge is 0.331 e. The molecule has 0 atom stereocenters. The van der Waals surface area contributed by atoms with Crippen molar-refractivity contribution in [2.45, 2.75) is 6.92 Å². The largest absolute Gasteiger partial charge is 0.452 e. The molecule has 6 nitrogen and oxygen atoms in total. The molecule has 0 saturated carbocycles. The van der Waals surface area contributed by atoms with E-state index >= 15 is 0 Å². The van der Waals surface area contributed by atoms with Crippen molar-refractivity contribution >= 4 is 17.8 Å². The SMILES string of the molecule is CC=CC=CC(=O)OCC(=O)NNC(=O)c1ccccc1. The van der Waals surface area contributed by atoms with E-state index in [4.69, 9.17) is 0 Å². The fraction of sp³-hybridized carbons (Fsp3) is 0.133. The standard InChI is InChI=1S/C15H16N2O4/c1-2-3-5-10-14(19)21-11-13(18)16-17-15(20)12-8-6-4-7-9-12/h2-10H,11H2,1H3,(H,16,18)(H,17,20). The van der Waals surface area contributed by atoms with Gasteiger partial charge in [0.15, 0.2) is 6.61 Å². The lowest BCUT2D eigenvalue weighted by Crippen LogP contribution is -2.43. The molecule has 0 aliphatic heterocycles. The summed E-state index contributed by atoms with van der Waals surface area (Å²) in [6, 6.07) is 8.39. The summed E-state index contributed by atoms with van der Waals surface area (Å²) >= 11 is 0. The molecule has 0 bridgehead atoms. The monoisotopic (exact) mass is 288 g/mol. The second-order valence-corrected chi connectivity index (χ2v) is 3.86. The Hall–Kier alpha value is -2.89. The molecule has 1 rings (SSSR count). The van der Waals surface area contributed by atoms with Gasteiger partial charge >= 0.3 is 5.97 Å². The van der Waals surface area contributed by atoms with Crippen molar-refractivity contribution in [2.24, 2.45) is 0 Å². The zero-order chi connectivity index (χ0) is 15.5. The Morgan fingerprint density at radius 3 is 2.48 bits per heavy atom. The number of rotatable bonds is 5. The van der Waals surface area contributed by atoms with Crippen molar-refractivity contribution in [1.82, 2.24) is 10.9 Å². The molecule has 0 heterocycles. The lowest BCUT2D eigenvalue weighted by molar-refractivity contribution is -0.144. The number of nitrogens with one attached hydrogen (secondary N) is 2. The Bertz CT molecular complexity index is 550. The Morgan fingerprint density at radius 2 is 1.81 bits per heavy atom. The summed E-state index contributed by atoms with van der Waals surface area (Å²) in [5.41, 5.74) is 4.77. The second-order valence-electron chi connectivity index (χ2n) is 3.86. The number of esters is 1. The van der Waals surface area contributed by atoms with Crippen LogP contribution in [-0.2, 0) is 14.3 Å². The first-order chi connectivity index (χ1) is 10.1. The fourth-order valence-corrected chi connectivity index (χ4v) is 1.25. The predicted octanol–water partition coefficient (Wildman–Crippen LogP) is 1.12. The van der Waals surface area contributed by atoms with E-state index in [-0.39, 0.29) is 0 Å². The third kappa shape index (κ3) is 6.72. The third-order valence-electron chi connectivity index (χ3n) is 2.23. The summed E-state index contributed by atoms with van der Waals surface area (Å²) in [6.07, 6.45) is 6.09. The molecule has 0 saturated heterocycles. The van der Waals surface area contributed by atoms with Crippen molar-refractivity contribution in [3.05, 3.63) is 60.2 Å². The van der Waals surface area contributed by atoms with Crippen molar-refractivity contribution in [3.8, 4) is 0 Å². The Labute approximate surface area is 122 Å². The molecule has 0 spiro atoms. The van der Waals surface area contributed by atoms with Gasteiger partial charge in [0.1, 0.15) is 0 Å². The molecule has 0 unspecified atom stereocenters. The van der Waals surface area contributed by atoms with E-state index in [9.17, 15) is 14.4 Å². The summed E-state index contributed by atoms with van der Waals surface area (Å²) in [6.45, 7) is 1.33. The molecule has 0 fully saturated rings. The zero-order valence-electron chi connectivity index (χ0n) is 11.5. The number of carbonyl (C=O) groups is 3. The van der Waals surface area contributed by atoms with Crippen LogP contribution in [0.4, 0.5) is 0 Å². The Kier molecular flexibility index (Phi) is 6.99. The number of benzene rings is 1. The summed E-state index contributed by atoms with van der Waals surface area (Å²) in [5, 5.41) is 0. The summed E-state index contributed by atoms with van der Waals surface area (Å²) in [4.78, 5) is 34.2. The van der Waals surface area contributed by atoms with Crippen LogP contribution >= 0.6 is 0 Å². The molecule has 2 N–H and O–H groups in total. The first kappa shape index (κ1) is 16.2. The highest BCUT2D eigenvalue weighted by atomic mass is 16.5. The van der Waals surface area contributed by atoms with Gasteiger partial charge < -0.3 is 4.74 Å². The average Bonchev–Trinajstić information content (AvgIpc) is 2.51. The minimum absolute atomic E-state index is 0.407. The normalized spacial score (nSPS) is 10.5. The van der Waals surface area contributed by atoms with Crippen LogP contribution in [0.15, 0.2) is 54.6 Å². The van der Waals surface area contributed by atoms with Gasteiger partial charge in [0.05, 0.1) is 0 Å². The minimum Gasteiger partial charge on any atom is -0.452 e. The molecule has 110 valence electrons. The van der Waals surface area contributed by atoms with Crippen molar-refractivity contribution in [3.63, 3.8) is 0 Å². The van der Waals surface area contributed by atoms with Crippen LogP contribution in [0.5, 0.6) is 0 Å². The number of allylic oxidation sites excluding steroid dienone is 3. The highest BCUT2D eigenvalue weighted by Crippen LogP contribution is 1.96. The maximum atomic E-state index is 11.6. The van der Waals surface area contributed by atoms with E-state index in [1.807, 2.05) is 0 Å². The molecular formula is C15H16N2O4. The van der Waals surface area contributed by atoms with Crippen LogP contribution < -0.4 is 10.9 Å². The third-order valence-corrected chi connectivity index (χ3v) is 2.23. The summed E-state index contributed by atoms with van der Waals surface area (Å²) < 4.78 is 4.67. The number of hydrogen-bond acceptors (Lipinski definition) is 4. The Balaban J connectivity index is 2.28. The topological polar surface area (TPSA) is 84.5 Å². The van der Waals surface area contributed by atoms with Crippen LogP contribution in [0.1, 0.15) is 17.3 Å². The summed E-state index contributed by atoms with van der Waals surface area (Å²) in [7, 11) is 0. The van der Waals surface area contributed by atoms with Gasteiger partial charge in [-0.3, -0.25) is 20.4 Å². The van der Waals surface area contributed by atoms with Gasteiger partial charge in [-0.25, -0.2) is 4.79 Å². The molecular weight excluding hydrogens is 272 g/mol. The van der Waals surface area contributed by atoms with Gasteiger partial charge in [0, 0.05) is 11.6 Å². The highest BCUT2D eigenvalue weighted by Gasteiger charge is 2.08. The van der Waals surface area contributed by atoms with Gasteiger partial charge in [-0.15, -0.1) is 0 Å². The first-order valence-corrected chi connectivity index (χ1v) is 6.24. The highest BCUT2D eigenvalue weighted by molar-refractivity contribution is 5.95. The molecule has 0 radical (unpaired) electrons. The Morgan fingerprint density at radius 1 is 1.10 bits per heavy atom. The van der Waals surface area contributed by atoms with Crippen molar-refractivity contribution in [2.75, 3.05) is 6.61 Å². The van der Waals surface area contributed by atoms with Crippen LogP contribution in [-0.4, -0.2) is 24.4 Å². The van der Waals surface area contributed by atoms with Crippen molar-refractivity contribution < 1.29 is 19.1 Å². The predicted molar refractivity (Wildman–Crippen MR) is 77.0 cm³/mol. The van der Waals surface area contributed by atoms with Gasteiger partial charge in [0.2, 0.25) is 0 Å². The zero-order valence-corrected chi connectivity index (χ0v) is 11.5. The molecule has 6 heteroatoms. The molecule has 1 aromatic carbocycles. The molecule has 0 aliphatic carbocycles. The van der Waals surface area contributed by atoms with E-state index in [1.54, 1.807) is 49.4 Å². The van der Waals surface area contributed by atoms with Gasteiger partial charge in [-0.05, 0) is 19.1 Å². The quantitative estimate of drug-likeness (QED) is 0.368. The number of hydrazine groups is 1. The van der Waals surface area contributed by atoms with E-state index in [1.165, 1.54) is 12.2 Å². The van der Waals surface area contributed by atoms with Crippen molar-refractivity contribution in [1.29, 1.82) is 0 Å². The van der Waals surface area contributed by atoms with Crippen LogP contribution in [0.2, 0.25) is 0 Å². The molecule has 1 aromatic rings. The lowest BCUT2D eigenvalue weighted by Gasteiger charge is -2.07. The second kappa shape index (κ2) is 9.08. The molecule has 21 heavy (non-hydrogen) atoms. The number of hydrogen-bond donors (Lipinski definition) is 2. The van der Waals surface area contributed by atoms with E-state index in [2.05, 4.69) is 15.6 Å². The van der Waals surface area contributed by atoms with E-state index in [0.717, 1.165) is 0 Å². The number of ether oxygens (including phenoxy) is 1. The minimum atomic E-state index is -0.641. The van der Waals surface area contributed by atoms with Gasteiger partial charge in [0.25, 0.3) is 11.8 Å². The van der Waals surface area contributed by atoms with Crippen LogP contribution in [0.25, 0.3) is 0 Å².